The summed E-state index contributed by atoms with van der Waals surface area (Å²) in [5.74, 6) is 1.99. The van der Waals surface area contributed by atoms with E-state index in [1.807, 2.05) is 13.8 Å². The van der Waals surface area contributed by atoms with Gasteiger partial charge in [-0.15, -0.1) is 0 Å². The molecule has 0 aliphatic rings. The molecule has 0 radical (unpaired) electrons. The van der Waals surface area contributed by atoms with E-state index in [9.17, 15) is 0 Å². The normalized spacial score (nSPS) is 15.1. The SMILES string of the molecule is COCCC(C)NC(C)c1cc(C)oc1C. The van der Waals surface area contributed by atoms with E-state index in [1.165, 1.54) is 5.56 Å². The van der Waals surface area contributed by atoms with E-state index in [4.69, 9.17) is 9.15 Å². The molecule has 3 nitrogen and oxygen atoms in total. The van der Waals surface area contributed by atoms with E-state index in [-0.39, 0.29) is 0 Å². The van der Waals surface area contributed by atoms with Crippen LogP contribution >= 0.6 is 0 Å². The third-order valence-electron chi connectivity index (χ3n) is 2.84. The Morgan fingerprint density at radius 2 is 2.06 bits per heavy atom. The molecular weight excluding hydrogens is 202 g/mol. The van der Waals surface area contributed by atoms with Gasteiger partial charge in [0.15, 0.2) is 0 Å². The molecule has 1 aromatic rings. The third-order valence-corrected chi connectivity index (χ3v) is 2.84. The van der Waals surface area contributed by atoms with Crippen molar-refractivity contribution in [2.24, 2.45) is 0 Å². The average molecular weight is 225 g/mol. The van der Waals surface area contributed by atoms with Gasteiger partial charge in [0.2, 0.25) is 0 Å². The standard InChI is InChI=1S/C13H23NO2/c1-9(6-7-15-5)14-11(3)13-8-10(2)16-12(13)4/h8-9,11,14H,6-7H2,1-5H3. The lowest BCUT2D eigenvalue weighted by Crippen LogP contribution is -2.30. The smallest absolute Gasteiger partial charge is 0.105 e. The molecule has 16 heavy (non-hydrogen) atoms. The molecular formula is C13H23NO2. The molecule has 0 aliphatic carbocycles. The zero-order chi connectivity index (χ0) is 12.1. The van der Waals surface area contributed by atoms with Gasteiger partial charge in [-0.05, 0) is 40.2 Å². The van der Waals surface area contributed by atoms with Crippen LogP contribution in [0, 0.1) is 13.8 Å². The van der Waals surface area contributed by atoms with Crippen molar-refractivity contribution < 1.29 is 9.15 Å². The number of methoxy groups -OCH3 is 1. The Kier molecular flexibility index (Phi) is 5.03. The molecule has 0 spiro atoms. The van der Waals surface area contributed by atoms with Gasteiger partial charge >= 0.3 is 0 Å². The highest BCUT2D eigenvalue weighted by atomic mass is 16.5. The molecule has 0 saturated heterocycles. The van der Waals surface area contributed by atoms with Crippen LogP contribution < -0.4 is 5.32 Å². The summed E-state index contributed by atoms with van der Waals surface area (Å²) < 4.78 is 10.6. The molecule has 2 unspecified atom stereocenters. The highest BCUT2D eigenvalue weighted by Crippen LogP contribution is 2.21. The van der Waals surface area contributed by atoms with Crippen LogP contribution in [0.3, 0.4) is 0 Å². The first kappa shape index (κ1) is 13.3. The Hall–Kier alpha value is -0.800. The summed E-state index contributed by atoms with van der Waals surface area (Å²) in [4.78, 5) is 0. The molecule has 3 heteroatoms. The van der Waals surface area contributed by atoms with Crippen molar-refractivity contribution in [3.05, 3.63) is 23.2 Å². The van der Waals surface area contributed by atoms with Gasteiger partial charge in [0, 0.05) is 31.4 Å². The van der Waals surface area contributed by atoms with Gasteiger partial charge in [-0.2, -0.15) is 0 Å². The minimum absolute atomic E-state index is 0.323. The molecule has 1 N–H and O–H groups in total. The first-order valence-electron chi connectivity index (χ1n) is 5.86. The third kappa shape index (κ3) is 3.65. The van der Waals surface area contributed by atoms with Gasteiger partial charge in [0.1, 0.15) is 11.5 Å². The summed E-state index contributed by atoms with van der Waals surface area (Å²) in [6.07, 6.45) is 1.02. The lowest BCUT2D eigenvalue weighted by atomic mass is 10.1. The fraction of sp³-hybridized carbons (Fsp3) is 0.692. The summed E-state index contributed by atoms with van der Waals surface area (Å²) in [5.41, 5.74) is 1.25. The fourth-order valence-corrected chi connectivity index (χ4v) is 1.97. The van der Waals surface area contributed by atoms with Crippen LogP contribution in [0.15, 0.2) is 10.5 Å². The van der Waals surface area contributed by atoms with Crippen LogP contribution in [-0.2, 0) is 4.74 Å². The van der Waals surface area contributed by atoms with Gasteiger partial charge in [-0.25, -0.2) is 0 Å². The van der Waals surface area contributed by atoms with Crippen molar-refractivity contribution in [3.8, 4) is 0 Å². The molecule has 1 heterocycles. The lowest BCUT2D eigenvalue weighted by Gasteiger charge is -2.19. The van der Waals surface area contributed by atoms with Crippen LogP contribution in [0.25, 0.3) is 0 Å². The maximum Gasteiger partial charge on any atom is 0.105 e. The van der Waals surface area contributed by atoms with E-state index in [2.05, 4.69) is 25.2 Å². The topological polar surface area (TPSA) is 34.4 Å². The van der Waals surface area contributed by atoms with Crippen molar-refractivity contribution in [1.29, 1.82) is 0 Å². The van der Waals surface area contributed by atoms with E-state index in [0.717, 1.165) is 24.5 Å². The van der Waals surface area contributed by atoms with E-state index >= 15 is 0 Å². The molecule has 92 valence electrons. The number of ether oxygens (including phenoxy) is 1. The molecule has 1 aromatic heterocycles. The van der Waals surface area contributed by atoms with Crippen LogP contribution in [0.4, 0.5) is 0 Å². The highest BCUT2D eigenvalue weighted by Gasteiger charge is 2.14. The number of rotatable bonds is 6. The predicted octanol–water partition coefficient (Wildman–Crippen LogP) is 2.97. The van der Waals surface area contributed by atoms with Crippen LogP contribution in [-0.4, -0.2) is 19.8 Å². The second-order valence-electron chi connectivity index (χ2n) is 4.44. The first-order valence-corrected chi connectivity index (χ1v) is 5.86. The molecule has 0 saturated carbocycles. The van der Waals surface area contributed by atoms with E-state index < -0.39 is 0 Å². The summed E-state index contributed by atoms with van der Waals surface area (Å²) in [5, 5.41) is 3.55. The first-order chi connectivity index (χ1) is 7.54. The van der Waals surface area contributed by atoms with Crippen molar-refractivity contribution >= 4 is 0 Å². The molecule has 0 aromatic carbocycles. The number of furan rings is 1. The average Bonchev–Trinajstić information content (AvgIpc) is 2.54. The minimum Gasteiger partial charge on any atom is -0.466 e. The summed E-state index contributed by atoms with van der Waals surface area (Å²) in [7, 11) is 1.74. The maximum atomic E-state index is 5.53. The van der Waals surface area contributed by atoms with Crippen LogP contribution in [0.5, 0.6) is 0 Å². The van der Waals surface area contributed by atoms with E-state index in [0.29, 0.717) is 12.1 Å². The van der Waals surface area contributed by atoms with Crippen molar-refractivity contribution in [2.75, 3.05) is 13.7 Å². The fourth-order valence-electron chi connectivity index (χ4n) is 1.97. The van der Waals surface area contributed by atoms with Crippen LogP contribution in [0.2, 0.25) is 0 Å². The van der Waals surface area contributed by atoms with Crippen molar-refractivity contribution in [1.82, 2.24) is 5.32 Å². The molecule has 0 bridgehead atoms. The molecule has 1 rings (SSSR count). The quantitative estimate of drug-likeness (QED) is 0.808. The largest absolute Gasteiger partial charge is 0.466 e. The number of hydrogen-bond acceptors (Lipinski definition) is 3. The lowest BCUT2D eigenvalue weighted by molar-refractivity contribution is 0.183. The molecule has 0 fully saturated rings. The van der Waals surface area contributed by atoms with Gasteiger partial charge in [-0.1, -0.05) is 0 Å². The number of nitrogens with one attached hydrogen (secondary N) is 1. The van der Waals surface area contributed by atoms with Crippen molar-refractivity contribution in [3.63, 3.8) is 0 Å². The molecule has 0 amide bonds. The summed E-state index contributed by atoms with van der Waals surface area (Å²) in [6.45, 7) is 9.14. The second kappa shape index (κ2) is 6.06. The molecule has 0 aliphatic heterocycles. The van der Waals surface area contributed by atoms with Crippen molar-refractivity contribution in [2.45, 2.75) is 46.2 Å². The monoisotopic (exact) mass is 225 g/mol. The predicted molar refractivity (Wildman–Crippen MR) is 65.7 cm³/mol. The zero-order valence-electron chi connectivity index (χ0n) is 11.0. The van der Waals surface area contributed by atoms with Crippen LogP contribution in [0.1, 0.15) is 43.4 Å². The van der Waals surface area contributed by atoms with Gasteiger partial charge < -0.3 is 14.5 Å². The van der Waals surface area contributed by atoms with E-state index in [1.54, 1.807) is 7.11 Å². The second-order valence-corrected chi connectivity index (χ2v) is 4.44. The summed E-state index contributed by atoms with van der Waals surface area (Å²) >= 11 is 0. The van der Waals surface area contributed by atoms with Gasteiger partial charge in [-0.3, -0.25) is 0 Å². The maximum absolute atomic E-state index is 5.53. The summed E-state index contributed by atoms with van der Waals surface area (Å²) in [6, 6.07) is 2.88. The number of hydrogen-bond donors (Lipinski definition) is 1. The zero-order valence-corrected chi connectivity index (χ0v) is 11.0. The Labute approximate surface area is 98.2 Å². The van der Waals surface area contributed by atoms with Gasteiger partial charge in [0.25, 0.3) is 0 Å². The minimum atomic E-state index is 0.323. The Morgan fingerprint density at radius 3 is 2.56 bits per heavy atom. The number of aryl methyl sites for hydroxylation is 2. The highest BCUT2D eigenvalue weighted by molar-refractivity contribution is 5.23. The Morgan fingerprint density at radius 1 is 1.38 bits per heavy atom. The Bertz CT molecular complexity index is 320. The van der Waals surface area contributed by atoms with Gasteiger partial charge in [0.05, 0.1) is 0 Å². The molecule has 2 atom stereocenters. The Balaban J connectivity index is 2.51.